The third kappa shape index (κ3) is 2.20. The van der Waals surface area contributed by atoms with Crippen LogP contribution < -0.4 is 4.31 Å². The monoisotopic (exact) mass is 388 g/mol. The summed E-state index contributed by atoms with van der Waals surface area (Å²) in [7, 11) is -3.97. The molecule has 140 valence electrons. The average molecular weight is 388 g/mol. The summed E-state index contributed by atoms with van der Waals surface area (Å²) in [6.07, 6.45) is -6.54. The van der Waals surface area contributed by atoms with Gasteiger partial charge in [0.1, 0.15) is 0 Å². The largest absolute Gasteiger partial charge is 0.417 e. The van der Waals surface area contributed by atoms with E-state index >= 15 is 0 Å². The smallest absolute Gasteiger partial charge is 0.390 e. The molecule has 6 atom stereocenters. The molecule has 0 aromatic heterocycles. The highest BCUT2D eigenvalue weighted by molar-refractivity contribution is 7.93. The topological polar surface area (TPSA) is 102 Å². The molecule has 1 heterocycles. The number of halogens is 3. The lowest BCUT2D eigenvalue weighted by Crippen LogP contribution is -2.45. The third-order valence-corrected chi connectivity index (χ3v) is 8.27. The van der Waals surface area contributed by atoms with Crippen LogP contribution in [0.4, 0.5) is 18.9 Å². The van der Waals surface area contributed by atoms with Crippen LogP contribution in [0, 0.1) is 29.1 Å². The van der Waals surface area contributed by atoms with Crippen molar-refractivity contribution in [2.24, 2.45) is 17.8 Å². The van der Waals surface area contributed by atoms with Gasteiger partial charge in [0, 0.05) is 18.4 Å². The maximum atomic E-state index is 13.2. The number of rotatable bonds is 1. The zero-order valence-electron chi connectivity index (χ0n) is 13.3. The molecule has 1 aliphatic heterocycles. The van der Waals surface area contributed by atoms with Gasteiger partial charge in [-0.3, -0.25) is 4.31 Å². The predicted octanol–water partition coefficient (Wildman–Crippen LogP) is 1.08. The highest BCUT2D eigenvalue weighted by atomic mass is 32.2. The lowest BCUT2D eigenvalue weighted by molar-refractivity contribution is -0.137. The predicted molar refractivity (Wildman–Crippen MR) is 83.3 cm³/mol. The van der Waals surface area contributed by atoms with Crippen LogP contribution >= 0.6 is 0 Å². The SMILES string of the molecule is N#Cc1ccc(N2C[C@@H]3[C@H]4C[C@H]([C@H](O)[C@@H]4O)[C@@H]3S2(=O)=O)cc1C(F)(F)F. The van der Waals surface area contributed by atoms with Gasteiger partial charge >= 0.3 is 6.18 Å². The second-order valence-corrected chi connectivity index (χ2v) is 9.10. The Bertz CT molecular complexity index is 911. The Morgan fingerprint density at radius 3 is 2.42 bits per heavy atom. The van der Waals surface area contributed by atoms with E-state index in [4.69, 9.17) is 5.26 Å². The van der Waals surface area contributed by atoms with E-state index in [9.17, 15) is 31.8 Å². The first-order valence-electron chi connectivity index (χ1n) is 8.06. The van der Waals surface area contributed by atoms with Gasteiger partial charge in [0.25, 0.3) is 0 Å². The van der Waals surface area contributed by atoms with Gasteiger partial charge in [-0.15, -0.1) is 0 Å². The minimum Gasteiger partial charge on any atom is -0.390 e. The summed E-state index contributed by atoms with van der Waals surface area (Å²) in [5, 5.41) is 28.0. The van der Waals surface area contributed by atoms with Crippen LogP contribution in [0.3, 0.4) is 0 Å². The zero-order valence-corrected chi connectivity index (χ0v) is 14.1. The Labute approximate surface area is 147 Å². The fraction of sp³-hybridized carbons (Fsp3) is 0.562. The van der Waals surface area contributed by atoms with Gasteiger partial charge in [-0.2, -0.15) is 18.4 Å². The number of hydrogen-bond acceptors (Lipinski definition) is 5. The number of fused-ring (bicyclic) bond motifs is 5. The fourth-order valence-corrected chi connectivity index (χ4v) is 7.34. The zero-order chi connectivity index (χ0) is 19.0. The molecule has 0 radical (unpaired) electrons. The molecule has 0 unspecified atom stereocenters. The van der Waals surface area contributed by atoms with Gasteiger partial charge < -0.3 is 10.2 Å². The summed E-state index contributed by atoms with van der Waals surface area (Å²) in [4.78, 5) is 0. The van der Waals surface area contributed by atoms with Crippen LogP contribution in [-0.2, 0) is 16.2 Å². The summed E-state index contributed by atoms with van der Waals surface area (Å²) < 4.78 is 66.3. The van der Waals surface area contributed by atoms with Crippen molar-refractivity contribution in [2.45, 2.75) is 30.1 Å². The van der Waals surface area contributed by atoms with E-state index in [-0.39, 0.29) is 18.2 Å². The number of hydrogen-bond donors (Lipinski definition) is 2. The number of alkyl halides is 3. The highest BCUT2D eigenvalue weighted by Gasteiger charge is 2.66. The van der Waals surface area contributed by atoms with Crippen molar-refractivity contribution in [3.63, 3.8) is 0 Å². The normalized spacial score (nSPS) is 37.6. The molecule has 2 saturated carbocycles. The van der Waals surface area contributed by atoms with Crippen molar-refractivity contribution in [1.82, 2.24) is 0 Å². The maximum absolute atomic E-state index is 13.2. The quantitative estimate of drug-likeness (QED) is 0.750. The third-order valence-electron chi connectivity index (χ3n) is 5.91. The van der Waals surface area contributed by atoms with Crippen LogP contribution in [0.25, 0.3) is 0 Å². The first-order valence-corrected chi connectivity index (χ1v) is 9.56. The molecule has 1 aromatic rings. The standard InChI is InChI=1S/C16H15F3N2O4S/c17-16(18,19)12-3-8(2-1-7(12)5-20)21-6-11-9-4-10(14(23)13(9)22)15(11)26(21,24)25/h1-3,9-11,13-15,22-23H,4,6H2/t9-,10-,11-,13-,14+,15+/m1/s1. The van der Waals surface area contributed by atoms with Crippen LogP contribution in [0.5, 0.6) is 0 Å². The van der Waals surface area contributed by atoms with Crippen LogP contribution in [0.1, 0.15) is 17.5 Å². The number of aliphatic hydroxyl groups excluding tert-OH is 2. The van der Waals surface area contributed by atoms with Crippen molar-refractivity contribution in [3.05, 3.63) is 29.3 Å². The fourth-order valence-electron chi connectivity index (χ4n) is 4.81. The summed E-state index contributed by atoms with van der Waals surface area (Å²) in [5.74, 6) is -1.44. The Morgan fingerprint density at radius 2 is 1.81 bits per heavy atom. The average Bonchev–Trinajstić information content (AvgIpc) is 3.17. The Balaban J connectivity index is 1.76. The Morgan fingerprint density at radius 1 is 1.15 bits per heavy atom. The molecule has 26 heavy (non-hydrogen) atoms. The van der Waals surface area contributed by atoms with Gasteiger partial charge in [-0.05, 0) is 30.5 Å². The van der Waals surface area contributed by atoms with Crippen molar-refractivity contribution in [3.8, 4) is 6.07 Å². The number of aliphatic hydroxyl groups is 2. The summed E-state index contributed by atoms with van der Waals surface area (Å²) >= 11 is 0. The number of nitriles is 1. The molecule has 1 aromatic carbocycles. The molecule has 1 saturated heterocycles. The van der Waals surface area contributed by atoms with E-state index in [2.05, 4.69) is 0 Å². The molecule has 0 spiro atoms. The molecule has 4 rings (SSSR count). The molecule has 3 fully saturated rings. The summed E-state index contributed by atoms with van der Waals surface area (Å²) in [5.41, 5.74) is -1.93. The molecule has 6 nitrogen and oxygen atoms in total. The number of anilines is 1. The lowest BCUT2D eigenvalue weighted by Gasteiger charge is -2.30. The van der Waals surface area contributed by atoms with Gasteiger partial charge in [0.15, 0.2) is 0 Å². The Kier molecular flexibility index (Phi) is 3.61. The molecule has 2 aliphatic carbocycles. The minimum absolute atomic E-state index is 0.0405. The van der Waals surface area contributed by atoms with E-state index in [1.165, 1.54) is 12.1 Å². The van der Waals surface area contributed by atoms with Gasteiger partial charge in [-0.25, -0.2) is 8.42 Å². The molecular weight excluding hydrogens is 373 g/mol. The van der Waals surface area contributed by atoms with Crippen LogP contribution in [0.2, 0.25) is 0 Å². The van der Waals surface area contributed by atoms with Crippen molar-refractivity contribution in [2.75, 3.05) is 10.8 Å². The van der Waals surface area contributed by atoms with Crippen molar-refractivity contribution in [1.29, 1.82) is 5.26 Å². The van der Waals surface area contributed by atoms with Gasteiger partial charge in [0.2, 0.25) is 10.0 Å². The van der Waals surface area contributed by atoms with E-state index < -0.39 is 56.6 Å². The lowest BCUT2D eigenvalue weighted by atomic mass is 9.84. The number of benzene rings is 1. The second-order valence-electron chi connectivity index (χ2n) is 7.09. The molecule has 0 amide bonds. The first-order chi connectivity index (χ1) is 12.1. The first kappa shape index (κ1) is 17.6. The van der Waals surface area contributed by atoms with E-state index in [1.807, 2.05) is 0 Å². The van der Waals surface area contributed by atoms with Crippen molar-refractivity contribution >= 4 is 15.7 Å². The highest BCUT2D eigenvalue weighted by Crippen LogP contribution is 2.56. The van der Waals surface area contributed by atoms with E-state index in [0.29, 0.717) is 12.5 Å². The molecule has 2 bridgehead atoms. The van der Waals surface area contributed by atoms with E-state index in [0.717, 1.165) is 10.4 Å². The maximum Gasteiger partial charge on any atom is 0.417 e. The summed E-state index contributed by atoms with van der Waals surface area (Å²) in [6, 6.07) is 4.27. The minimum atomic E-state index is -4.79. The molecular formula is C16H15F3N2O4S. The van der Waals surface area contributed by atoms with Gasteiger partial charge in [0.05, 0.1) is 40.3 Å². The second kappa shape index (κ2) is 5.34. The Hall–Kier alpha value is -1.83. The van der Waals surface area contributed by atoms with E-state index in [1.54, 1.807) is 0 Å². The summed E-state index contributed by atoms with van der Waals surface area (Å²) in [6.45, 7) is -0.0405. The number of sulfonamides is 1. The van der Waals surface area contributed by atoms with Crippen molar-refractivity contribution < 1.29 is 31.8 Å². The van der Waals surface area contributed by atoms with Crippen LogP contribution in [-0.4, -0.2) is 42.6 Å². The molecule has 2 N–H and O–H groups in total. The molecule has 3 aliphatic rings. The van der Waals surface area contributed by atoms with Crippen LogP contribution in [0.15, 0.2) is 18.2 Å². The van der Waals surface area contributed by atoms with Gasteiger partial charge in [-0.1, -0.05) is 0 Å². The number of nitrogens with zero attached hydrogens (tertiary/aromatic N) is 2. The molecule has 10 heteroatoms.